The molecule has 0 aliphatic rings. The Kier molecular flexibility index (Phi) is 4.23. The van der Waals surface area contributed by atoms with Crippen LogP contribution in [0, 0.1) is 6.92 Å². The highest BCUT2D eigenvalue weighted by Gasteiger charge is 2.14. The summed E-state index contributed by atoms with van der Waals surface area (Å²) in [5, 5.41) is 11.2. The van der Waals surface area contributed by atoms with E-state index in [9.17, 15) is 4.79 Å². The van der Waals surface area contributed by atoms with Gasteiger partial charge in [-0.2, -0.15) is 0 Å². The Hall–Kier alpha value is -1.44. The third-order valence-electron chi connectivity index (χ3n) is 2.92. The summed E-state index contributed by atoms with van der Waals surface area (Å²) in [6.07, 6.45) is 0. The Labute approximate surface area is 134 Å². The van der Waals surface area contributed by atoms with Gasteiger partial charge >= 0.3 is 0 Å². The first-order valence-corrected chi connectivity index (χ1v) is 8.99. The van der Waals surface area contributed by atoms with E-state index in [4.69, 9.17) is 0 Å². The van der Waals surface area contributed by atoms with Crippen molar-refractivity contribution in [1.82, 2.24) is 14.8 Å². The van der Waals surface area contributed by atoms with Crippen LogP contribution < -0.4 is 0 Å². The molecule has 0 saturated heterocycles. The van der Waals surface area contributed by atoms with Crippen LogP contribution >= 0.6 is 34.4 Å². The highest BCUT2D eigenvalue weighted by atomic mass is 32.2. The van der Waals surface area contributed by atoms with Crippen LogP contribution in [0.5, 0.6) is 0 Å². The number of hydrogen-bond donors (Lipinski definition) is 0. The smallest absolute Gasteiger partial charge is 0.191 e. The van der Waals surface area contributed by atoms with Gasteiger partial charge in [0.1, 0.15) is 0 Å². The van der Waals surface area contributed by atoms with Crippen LogP contribution in [0.3, 0.4) is 0 Å². The van der Waals surface area contributed by atoms with Crippen molar-refractivity contribution < 1.29 is 4.79 Å². The summed E-state index contributed by atoms with van der Waals surface area (Å²) in [5.74, 6) is 1.36. The van der Waals surface area contributed by atoms with Gasteiger partial charge in [-0.15, -0.1) is 32.9 Å². The molecule has 0 spiro atoms. The summed E-state index contributed by atoms with van der Waals surface area (Å²) in [7, 11) is 1.93. The number of ketones is 1. The second kappa shape index (κ2) is 6.13. The summed E-state index contributed by atoms with van der Waals surface area (Å²) < 4.78 is 1.93. The lowest BCUT2D eigenvalue weighted by atomic mass is 10.3. The van der Waals surface area contributed by atoms with Gasteiger partial charge in [0.05, 0.1) is 15.5 Å². The molecule has 108 valence electrons. The van der Waals surface area contributed by atoms with Crippen LogP contribution in [-0.2, 0) is 7.05 Å². The van der Waals surface area contributed by atoms with E-state index in [1.165, 1.54) is 23.1 Å². The molecule has 0 aliphatic carbocycles. The lowest BCUT2D eigenvalue weighted by Gasteiger charge is -2.01. The minimum absolute atomic E-state index is 0.138. The number of hydrogen-bond acceptors (Lipinski definition) is 6. The first-order valence-electron chi connectivity index (χ1n) is 6.31. The highest BCUT2D eigenvalue weighted by Crippen LogP contribution is 2.26. The molecule has 3 aromatic heterocycles. The number of aromatic nitrogens is 3. The fourth-order valence-corrected chi connectivity index (χ4v) is 4.28. The van der Waals surface area contributed by atoms with Gasteiger partial charge in [-0.25, -0.2) is 0 Å². The largest absolute Gasteiger partial charge is 0.304 e. The Morgan fingerprint density at radius 2 is 2.19 bits per heavy atom. The predicted octanol–water partition coefficient (Wildman–Crippen LogP) is 3.89. The Balaban J connectivity index is 1.70. The average molecular weight is 335 g/mol. The molecule has 0 aromatic carbocycles. The number of thiophene rings is 2. The van der Waals surface area contributed by atoms with E-state index in [0.717, 1.165) is 25.6 Å². The molecule has 3 aromatic rings. The van der Waals surface area contributed by atoms with E-state index in [1.807, 2.05) is 48.2 Å². The molecule has 0 fully saturated rings. The zero-order valence-corrected chi connectivity index (χ0v) is 14.0. The maximum absolute atomic E-state index is 12.1. The normalized spacial score (nSPS) is 11.0. The highest BCUT2D eigenvalue weighted by molar-refractivity contribution is 7.99. The fraction of sp³-hybridized carbons (Fsp3) is 0.214. The molecule has 3 rings (SSSR count). The van der Waals surface area contributed by atoms with E-state index in [-0.39, 0.29) is 5.78 Å². The Morgan fingerprint density at radius 3 is 2.86 bits per heavy atom. The molecule has 0 radical (unpaired) electrons. The first kappa shape index (κ1) is 14.5. The molecular weight excluding hydrogens is 322 g/mol. The van der Waals surface area contributed by atoms with Crippen molar-refractivity contribution in [2.75, 3.05) is 5.75 Å². The maximum atomic E-state index is 12.1. The van der Waals surface area contributed by atoms with Crippen molar-refractivity contribution in [2.24, 2.45) is 7.05 Å². The average Bonchev–Trinajstić information content (AvgIpc) is 3.17. The minimum atomic E-state index is 0.138. The summed E-state index contributed by atoms with van der Waals surface area (Å²) >= 11 is 4.59. The van der Waals surface area contributed by atoms with Gasteiger partial charge in [0, 0.05) is 11.9 Å². The maximum Gasteiger partial charge on any atom is 0.191 e. The second-order valence-electron chi connectivity index (χ2n) is 4.46. The summed E-state index contributed by atoms with van der Waals surface area (Å²) in [5.41, 5.74) is 0. The van der Waals surface area contributed by atoms with Crippen molar-refractivity contribution in [3.8, 4) is 10.7 Å². The van der Waals surface area contributed by atoms with Gasteiger partial charge in [0.15, 0.2) is 16.8 Å². The lowest BCUT2D eigenvalue weighted by molar-refractivity contribution is 0.102. The third kappa shape index (κ3) is 3.09. The van der Waals surface area contributed by atoms with E-state index >= 15 is 0 Å². The van der Waals surface area contributed by atoms with Crippen LogP contribution in [0.15, 0.2) is 34.8 Å². The van der Waals surface area contributed by atoms with Crippen molar-refractivity contribution >= 4 is 40.2 Å². The first-order chi connectivity index (χ1) is 10.1. The summed E-state index contributed by atoms with van der Waals surface area (Å²) in [6, 6.07) is 7.86. The van der Waals surface area contributed by atoms with E-state index in [1.54, 1.807) is 11.3 Å². The standard InChI is InChI=1S/C14H13N3OS3/c1-9-5-6-11(21-9)10(18)8-20-14-16-15-13(17(14)2)12-4-3-7-19-12/h3-7H,8H2,1-2H3. The van der Waals surface area contributed by atoms with Crippen LogP contribution in [0.25, 0.3) is 10.7 Å². The van der Waals surface area contributed by atoms with Crippen molar-refractivity contribution in [3.05, 3.63) is 39.4 Å². The Bertz CT molecular complexity index is 758. The molecule has 0 atom stereocenters. The number of aryl methyl sites for hydroxylation is 1. The number of rotatable bonds is 5. The van der Waals surface area contributed by atoms with Crippen molar-refractivity contribution in [2.45, 2.75) is 12.1 Å². The van der Waals surface area contributed by atoms with Gasteiger partial charge in [-0.1, -0.05) is 17.8 Å². The molecule has 0 saturated carbocycles. The molecular formula is C14H13N3OS3. The predicted molar refractivity (Wildman–Crippen MR) is 88.4 cm³/mol. The van der Waals surface area contributed by atoms with Crippen LogP contribution in [0.1, 0.15) is 14.5 Å². The fourth-order valence-electron chi connectivity index (χ4n) is 1.85. The topological polar surface area (TPSA) is 47.8 Å². The number of carbonyl (C=O) groups is 1. The van der Waals surface area contributed by atoms with Crippen molar-refractivity contribution in [3.63, 3.8) is 0 Å². The number of thioether (sulfide) groups is 1. The monoisotopic (exact) mass is 335 g/mol. The van der Waals surface area contributed by atoms with Gasteiger partial charge in [0.25, 0.3) is 0 Å². The Morgan fingerprint density at radius 1 is 1.33 bits per heavy atom. The molecule has 0 N–H and O–H groups in total. The molecule has 0 aliphatic heterocycles. The molecule has 0 amide bonds. The molecule has 0 bridgehead atoms. The van der Waals surface area contributed by atoms with Gasteiger partial charge in [0.2, 0.25) is 0 Å². The lowest BCUT2D eigenvalue weighted by Crippen LogP contribution is -2.01. The SMILES string of the molecule is Cc1ccc(C(=O)CSc2nnc(-c3cccs3)n2C)s1. The number of Topliss-reactive ketones (excluding diaryl/α,β-unsaturated/α-hetero) is 1. The zero-order chi connectivity index (χ0) is 14.8. The van der Waals surface area contributed by atoms with Gasteiger partial charge in [-0.3, -0.25) is 4.79 Å². The van der Waals surface area contributed by atoms with Gasteiger partial charge < -0.3 is 4.57 Å². The summed E-state index contributed by atoms with van der Waals surface area (Å²) in [6.45, 7) is 2.00. The zero-order valence-electron chi connectivity index (χ0n) is 11.6. The van der Waals surface area contributed by atoms with Crippen LogP contribution in [0.4, 0.5) is 0 Å². The molecule has 3 heterocycles. The van der Waals surface area contributed by atoms with Gasteiger partial charge in [-0.05, 0) is 30.5 Å². The molecule has 21 heavy (non-hydrogen) atoms. The number of carbonyl (C=O) groups excluding carboxylic acids is 1. The molecule has 7 heteroatoms. The van der Waals surface area contributed by atoms with E-state index in [2.05, 4.69) is 10.2 Å². The molecule has 4 nitrogen and oxygen atoms in total. The minimum Gasteiger partial charge on any atom is -0.304 e. The van der Waals surface area contributed by atoms with Crippen LogP contribution in [0.2, 0.25) is 0 Å². The quantitative estimate of drug-likeness (QED) is 0.524. The van der Waals surface area contributed by atoms with E-state index < -0.39 is 0 Å². The second-order valence-corrected chi connectivity index (χ2v) is 7.64. The third-order valence-corrected chi connectivity index (χ3v) is 5.85. The van der Waals surface area contributed by atoms with E-state index in [0.29, 0.717) is 5.75 Å². The van der Waals surface area contributed by atoms with Crippen LogP contribution in [-0.4, -0.2) is 26.3 Å². The summed E-state index contributed by atoms with van der Waals surface area (Å²) in [4.78, 5) is 15.2. The number of nitrogens with zero attached hydrogens (tertiary/aromatic N) is 3. The molecule has 0 unspecified atom stereocenters. The van der Waals surface area contributed by atoms with Crippen molar-refractivity contribution in [1.29, 1.82) is 0 Å².